The van der Waals surface area contributed by atoms with Crippen LogP contribution in [0.3, 0.4) is 0 Å². The Kier molecular flexibility index (Phi) is 5.38. The van der Waals surface area contributed by atoms with Gasteiger partial charge in [-0.1, -0.05) is 0 Å². The van der Waals surface area contributed by atoms with Gasteiger partial charge < -0.3 is 4.90 Å². The number of rotatable bonds is 4. The van der Waals surface area contributed by atoms with Crippen molar-refractivity contribution in [1.29, 1.82) is 0 Å². The molecule has 13 heteroatoms. The minimum absolute atomic E-state index is 0.148. The summed E-state index contributed by atoms with van der Waals surface area (Å²) in [6.45, 7) is 0.798. The molecule has 1 amide bonds. The van der Waals surface area contributed by atoms with Crippen LogP contribution in [0.4, 0.5) is 22.0 Å². The molecule has 0 N–H and O–H groups in total. The lowest BCUT2D eigenvalue weighted by Crippen LogP contribution is -2.42. The monoisotopic (exact) mass is 448 g/mol. The van der Waals surface area contributed by atoms with Crippen LogP contribution in [0.15, 0.2) is 10.9 Å². The molecule has 2 aliphatic heterocycles. The van der Waals surface area contributed by atoms with Crippen molar-refractivity contribution >= 4 is 5.91 Å². The smallest absolute Gasteiger partial charge is 0.335 e. The van der Waals surface area contributed by atoms with Crippen molar-refractivity contribution in [2.24, 2.45) is 0 Å². The molecule has 3 unspecified atom stereocenters. The molecule has 2 aromatic heterocycles. The van der Waals surface area contributed by atoms with Crippen LogP contribution < -0.4 is 5.69 Å². The number of fused-ring (bicyclic) bond motifs is 1. The Morgan fingerprint density at radius 2 is 1.84 bits per heavy atom. The maximum Gasteiger partial charge on any atom is 0.435 e. The molecule has 0 bridgehead atoms. The van der Waals surface area contributed by atoms with Gasteiger partial charge in [0.2, 0.25) is 5.91 Å². The summed E-state index contributed by atoms with van der Waals surface area (Å²) in [6, 6.07) is -0.0754. The van der Waals surface area contributed by atoms with Crippen molar-refractivity contribution in [1.82, 2.24) is 29.0 Å². The number of aryl methyl sites for hydroxylation is 2. The lowest BCUT2D eigenvalue weighted by Gasteiger charge is -2.26. The number of alkyl halides is 5. The van der Waals surface area contributed by atoms with Gasteiger partial charge in [-0.3, -0.25) is 14.0 Å². The standard InChI is InChI=1S/C18H21F5N6O2/c1-2-27-10(6-14(24-27)18(21,22)23)7-28-17(31)29-13(4-3-5-15(29)25-28)16(30)26-8-11(19)12(20)9-26/h6,11-13H,2-5,7-9H2,1H3. The van der Waals surface area contributed by atoms with Crippen LogP contribution in [0, 0.1) is 0 Å². The molecule has 0 spiro atoms. The van der Waals surface area contributed by atoms with E-state index in [1.54, 1.807) is 6.92 Å². The highest BCUT2D eigenvalue weighted by atomic mass is 19.4. The van der Waals surface area contributed by atoms with Gasteiger partial charge in [-0.15, -0.1) is 0 Å². The second kappa shape index (κ2) is 7.75. The highest BCUT2D eigenvalue weighted by molar-refractivity contribution is 5.81. The minimum atomic E-state index is -4.62. The van der Waals surface area contributed by atoms with E-state index in [1.165, 1.54) is 4.57 Å². The minimum Gasteiger partial charge on any atom is -0.335 e. The highest BCUT2D eigenvalue weighted by Crippen LogP contribution is 2.29. The van der Waals surface area contributed by atoms with E-state index in [4.69, 9.17) is 0 Å². The molecule has 0 aliphatic carbocycles. The number of carbonyl (C=O) groups excluding carboxylic acids is 1. The first-order chi connectivity index (χ1) is 14.6. The molecule has 2 aromatic rings. The quantitative estimate of drug-likeness (QED) is 0.668. The number of amides is 1. The van der Waals surface area contributed by atoms with Crippen LogP contribution in [0.5, 0.6) is 0 Å². The molecule has 1 saturated heterocycles. The number of hydrogen-bond acceptors (Lipinski definition) is 4. The molecule has 4 heterocycles. The van der Waals surface area contributed by atoms with Crippen molar-refractivity contribution in [2.75, 3.05) is 13.1 Å². The Hall–Kier alpha value is -2.73. The number of likely N-dealkylation sites (tertiary alicyclic amines) is 1. The van der Waals surface area contributed by atoms with E-state index in [0.717, 1.165) is 20.3 Å². The van der Waals surface area contributed by atoms with Gasteiger partial charge in [-0.05, 0) is 25.8 Å². The molecule has 3 atom stereocenters. The molecular formula is C18H21F5N6O2. The first-order valence-corrected chi connectivity index (χ1v) is 9.99. The van der Waals surface area contributed by atoms with Crippen molar-refractivity contribution in [3.8, 4) is 0 Å². The fraction of sp³-hybridized carbons (Fsp3) is 0.667. The van der Waals surface area contributed by atoms with Gasteiger partial charge in [0.1, 0.15) is 11.9 Å². The molecule has 0 radical (unpaired) electrons. The third-order valence-electron chi connectivity index (χ3n) is 5.67. The Balaban J connectivity index is 1.63. The van der Waals surface area contributed by atoms with Crippen molar-refractivity contribution in [3.05, 3.63) is 33.8 Å². The first kappa shape index (κ1) is 21.5. The van der Waals surface area contributed by atoms with Gasteiger partial charge >= 0.3 is 11.9 Å². The number of carbonyl (C=O) groups is 1. The average molecular weight is 448 g/mol. The maximum absolute atomic E-state index is 13.5. The highest BCUT2D eigenvalue weighted by Gasteiger charge is 2.40. The number of halogens is 5. The summed E-state index contributed by atoms with van der Waals surface area (Å²) in [7, 11) is 0. The Morgan fingerprint density at radius 1 is 1.16 bits per heavy atom. The summed E-state index contributed by atoms with van der Waals surface area (Å²) in [4.78, 5) is 26.9. The topological polar surface area (TPSA) is 78.0 Å². The lowest BCUT2D eigenvalue weighted by molar-refractivity contribution is -0.141. The number of aromatic nitrogens is 5. The molecule has 8 nitrogen and oxygen atoms in total. The normalized spacial score (nSPS) is 23.9. The summed E-state index contributed by atoms with van der Waals surface area (Å²) in [5, 5.41) is 7.73. The number of hydrogen-bond donors (Lipinski definition) is 0. The van der Waals surface area contributed by atoms with Crippen molar-refractivity contribution in [3.63, 3.8) is 0 Å². The Morgan fingerprint density at radius 3 is 2.45 bits per heavy atom. The van der Waals surface area contributed by atoms with Gasteiger partial charge in [0.15, 0.2) is 18.0 Å². The van der Waals surface area contributed by atoms with Crippen LogP contribution in [-0.2, 0) is 30.5 Å². The zero-order valence-corrected chi connectivity index (χ0v) is 16.6. The second-order valence-corrected chi connectivity index (χ2v) is 7.74. The molecular weight excluding hydrogens is 427 g/mol. The predicted octanol–water partition coefficient (Wildman–Crippen LogP) is 1.72. The van der Waals surface area contributed by atoms with Crippen LogP contribution in [0.2, 0.25) is 0 Å². The van der Waals surface area contributed by atoms with E-state index in [2.05, 4.69) is 10.2 Å². The van der Waals surface area contributed by atoms with Gasteiger partial charge in [-0.2, -0.15) is 23.4 Å². The summed E-state index contributed by atoms with van der Waals surface area (Å²) >= 11 is 0. The largest absolute Gasteiger partial charge is 0.435 e. The van der Waals surface area contributed by atoms with E-state index in [0.29, 0.717) is 25.1 Å². The summed E-state index contributed by atoms with van der Waals surface area (Å²) < 4.78 is 69.4. The van der Waals surface area contributed by atoms with Crippen LogP contribution in [0.25, 0.3) is 0 Å². The third-order valence-corrected chi connectivity index (χ3v) is 5.67. The molecule has 0 saturated carbocycles. The van der Waals surface area contributed by atoms with Gasteiger partial charge in [0.05, 0.1) is 25.3 Å². The number of nitrogens with zero attached hydrogens (tertiary/aromatic N) is 6. The van der Waals surface area contributed by atoms with E-state index in [1.807, 2.05) is 0 Å². The lowest BCUT2D eigenvalue weighted by atomic mass is 10.0. The molecule has 31 heavy (non-hydrogen) atoms. The first-order valence-electron chi connectivity index (χ1n) is 9.99. The molecule has 0 aromatic carbocycles. The Bertz CT molecular complexity index is 1030. The van der Waals surface area contributed by atoms with Crippen LogP contribution >= 0.6 is 0 Å². The van der Waals surface area contributed by atoms with Crippen LogP contribution in [0.1, 0.15) is 43.0 Å². The second-order valence-electron chi connectivity index (χ2n) is 7.74. The fourth-order valence-corrected chi connectivity index (χ4v) is 4.13. The molecule has 4 rings (SSSR count). The molecule has 2 aliphatic rings. The average Bonchev–Trinajstić information content (AvgIpc) is 3.38. The zero-order chi connectivity index (χ0) is 22.5. The van der Waals surface area contributed by atoms with E-state index in [9.17, 15) is 31.5 Å². The predicted molar refractivity (Wildman–Crippen MR) is 96.8 cm³/mol. The summed E-state index contributed by atoms with van der Waals surface area (Å²) in [5.74, 6) is -0.232. The van der Waals surface area contributed by atoms with Crippen molar-refractivity contribution < 1.29 is 26.7 Å². The Labute approximate surface area is 173 Å². The SMILES string of the molecule is CCn1nc(C(F)(F)F)cc1Cn1nc2n(c1=O)C(C(=O)N1CC(F)C(F)C1)CCC2. The maximum atomic E-state index is 13.5. The zero-order valence-electron chi connectivity index (χ0n) is 16.6. The summed E-state index contributed by atoms with van der Waals surface area (Å²) in [5.41, 5.74) is -1.57. The fourth-order valence-electron chi connectivity index (χ4n) is 4.13. The van der Waals surface area contributed by atoms with Gasteiger partial charge in [0.25, 0.3) is 0 Å². The van der Waals surface area contributed by atoms with Crippen molar-refractivity contribution in [2.45, 2.75) is 63.8 Å². The summed E-state index contributed by atoms with van der Waals surface area (Å²) in [6.07, 6.45) is -6.88. The molecule has 1 fully saturated rings. The third kappa shape index (κ3) is 3.85. The van der Waals surface area contributed by atoms with E-state index >= 15 is 0 Å². The van der Waals surface area contributed by atoms with Gasteiger partial charge in [-0.25, -0.2) is 18.3 Å². The van der Waals surface area contributed by atoms with Gasteiger partial charge in [0, 0.05) is 13.0 Å². The van der Waals surface area contributed by atoms with E-state index in [-0.39, 0.29) is 31.9 Å². The van der Waals surface area contributed by atoms with Crippen LogP contribution in [-0.4, -0.2) is 60.4 Å². The van der Waals surface area contributed by atoms with E-state index < -0.39 is 41.9 Å². The molecule has 170 valence electrons.